The molecule has 0 saturated heterocycles. The number of likely N-dealkylation sites (N-methyl/N-ethyl adjacent to an activating group) is 1. The molecule has 2 rings (SSSR count). The lowest BCUT2D eigenvalue weighted by atomic mass is 10.2. The van der Waals surface area contributed by atoms with Crippen LogP contribution in [0.4, 0.5) is 5.82 Å². The second kappa shape index (κ2) is 9.16. The molecule has 0 atom stereocenters. The molecule has 3 N–H and O–H groups in total. The molecule has 0 aromatic carbocycles. The Morgan fingerprint density at radius 1 is 1.39 bits per heavy atom. The van der Waals surface area contributed by atoms with E-state index in [1.807, 2.05) is 32.7 Å². The van der Waals surface area contributed by atoms with Crippen LogP contribution < -0.4 is 22.3 Å². The van der Waals surface area contributed by atoms with Crippen LogP contribution in [0.3, 0.4) is 0 Å². The second-order valence-electron chi connectivity index (χ2n) is 7.08. The van der Waals surface area contributed by atoms with Crippen molar-refractivity contribution < 1.29 is 4.79 Å². The number of nitrogen functional groups attached to an aromatic ring is 1. The van der Waals surface area contributed by atoms with Gasteiger partial charge in [-0.1, -0.05) is 6.92 Å². The van der Waals surface area contributed by atoms with E-state index in [9.17, 15) is 14.4 Å². The van der Waals surface area contributed by atoms with Gasteiger partial charge in [0.1, 0.15) is 16.4 Å². The van der Waals surface area contributed by atoms with Crippen molar-refractivity contribution in [2.24, 2.45) is 7.05 Å². The number of hydrogen-bond acceptors (Lipinski definition) is 7. The van der Waals surface area contributed by atoms with Crippen LogP contribution in [-0.2, 0) is 24.9 Å². The number of anilines is 1. The molecule has 10 heteroatoms. The molecule has 154 valence electrons. The molecule has 0 spiro atoms. The quantitative estimate of drug-likeness (QED) is 0.662. The summed E-state index contributed by atoms with van der Waals surface area (Å²) in [5.74, 6) is 0.0792. The smallest absolute Gasteiger partial charge is 0.332 e. The summed E-state index contributed by atoms with van der Waals surface area (Å²) in [5.41, 5.74) is 5.93. The predicted octanol–water partition coefficient (Wildman–Crippen LogP) is 0.619. The van der Waals surface area contributed by atoms with Crippen molar-refractivity contribution in [3.05, 3.63) is 31.2 Å². The fourth-order valence-corrected chi connectivity index (χ4v) is 3.73. The summed E-state index contributed by atoms with van der Waals surface area (Å²) in [4.78, 5) is 43.2. The third kappa shape index (κ3) is 4.87. The Kier molecular flexibility index (Phi) is 7.14. The van der Waals surface area contributed by atoms with Gasteiger partial charge in [0.05, 0.1) is 18.8 Å². The number of aromatic nitrogens is 3. The number of nitrogens with one attached hydrogen (secondary N) is 1. The van der Waals surface area contributed by atoms with Crippen LogP contribution >= 0.6 is 11.3 Å². The second-order valence-corrected chi connectivity index (χ2v) is 8.02. The van der Waals surface area contributed by atoms with Crippen LogP contribution in [0, 0.1) is 0 Å². The molecule has 0 aliphatic carbocycles. The summed E-state index contributed by atoms with van der Waals surface area (Å²) in [6, 6.07) is 0.0883. The average molecular weight is 409 g/mol. The number of amides is 1. The van der Waals surface area contributed by atoms with Crippen LogP contribution in [0.5, 0.6) is 0 Å². The van der Waals surface area contributed by atoms with E-state index >= 15 is 0 Å². The number of hydrogen-bond donors (Lipinski definition) is 2. The van der Waals surface area contributed by atoms with Gasteiger partial charge in [0, 0.05) is 25.0 Å². The Labute approximate surface area is 167 Å². The van der Waals surface area contributed by atoms with E-state index in [0.29, 0.717) is 25.2 Å². The zero-order valence-electron chi connectivity index (χ0n) is 17.0. The summed E-state index contributed by atoms with van der Waals surface area (Å²) < 4.78 is 2.46. The molecule has 2 heterocycles. The average Bonchev–Trinajstić information content (AvgIpc) is 3.04. The molecular formula is C18H28N6O3S. The van der Waals surface area contributed by atoms with Gasteiger partial charge >= 0.3 is 5.69 Å². The zero-order chi connectivity index (χ0) is 21.0. The van der Waals surface area contributed by atoms with Crippen molar-refractivity contribution >= 4 is 23.1 Å². The van der Waals surface area contributed by atoms with Crippen molar-refractivity contribution in [1.82, 2.24) is 24.3 Å². The van der Waals surface area contributed by atoms with Gasteiger partial charge in [-0.15, -0.1) is 11.3 Å². The SMILES string of the molecule is CCCn1c(N)c(-c2csc(CN(C)CC(=O)NC(C)C)n2)c(=O)n(C)c1=O. The van der Waals surface area contributed by atoms with Crippen LogP contribution in [0.1, 0.15) is 32.2 Å². The lowest BCUT2D eigenvalue weighted by Gasteiger charge is -2.16. The largest absolute Gasteiger partial charge is 0.384 e. The number of thiazole rings is 1. The minimum Gasteiger partial charge on any atom is -0.384 e. The summed E-state index contributed by atoms with van der Waals surface area (Å²) in [6.45, 7) is 6.89. The fourth-order valence-electron chi connectivity index (χ4n) is 2.86. The topological polar surface area (TPSA) is 115 Å². The van der Waals surface area contributed by atoms with Crippen LogP contribution in [0.2, 0.25) is 0 Å². The van der Waals surface area contributed by atoms with Gasteiger partial charge in [0.2, 0.25) is 5.91 Å². The molecule has 0 saturated carbocycles. The first-order valence-electron chi connectivity index (χ1n) is 9.17. The minimum atomic E-state index is -0.462. The van der Waals surface area contributed by atoms with E-state index in [-0.39, 0.29) is 29.9 Å². The third-order valence-corrected chi connectivity index (χ3v) is 4.94. The highest BCUT2D eigenvalue weighted by molar-refractivity contribution is 7.09. The maximum atomic E-state index is 12.6. The van der Waals surface area contributed by atoms with Gasteiger partial charge in [0.15, 0.2) is 0 Å². The molecule has 0 fully saturated rings. The minimum absolute atomic E-state index is 0.0564. The molecule has 9 nitrogen and oxygen atoms in total. The van der Waals surface area contributed by atoms with E-state index in [4.69, 9.17) is 5.73 Å². The van der Waals surface area contributed by atoms with Gasteiger partial charge in [-0.05, 0) is 27.3 Å². The Morgan fingerprint density at radius 3 is 2.68 bits per heavy atom. The van der Waals surface area contributed by atoms with E-state index in [1.54, 1.807) is 5.38 Å². The van der Waals surface area contributed by atoms with E-state index < -0.39 is 11.2 Å². The van der Waals surface area contributed by atoms with Crippen LogP contribution in [-0.4, -0.2) is 44.6 Å². The van der Waals surface area contributed by atoms with Crippen molar-refractivity contribution in [1.29, 1.82) is 0 Å². The third-order valence-electron chi connectivity index (χ3n) is 4.11. The van der Waals surface area contributed by atoms with Gasteiger partial charge < -0.3 is 11.1 Å². The standard InChI is InChI=1S/C18H28N6O3S/c1-6-7-24-16(19)15(17(26)23(5)18(24)27)12-10-28-14(21-12)9-22(4)8-13(25)20-11(2)3/h10-11H,6-9,19H2,1-5H3,(H,20,25). The molecule has 0 aliphatic rings. The normalized spacial score (nSPS) is 11.4. The van der Waals surface area contributed by atoms with Crippen LogP contribution in [0.25, 0.3) is 11.3 Å². The molecule has 0 unspecified atom stereocenters. The van der Waals surface area contributed by atoms with Crippen LogP contribution in [0.15, 0.2) is 15.0 Å². The van der Waals surface area contributed by atoms with E-state index in [1.165, 1.54) is 23.0 Å². The Bertz CT molecular complexity index is 959. The summed E-state index contributed by atoms with van der Waals surface area (Å²) in [5, 5.41) is 5.35. The Morgan fingerprint density at radius 2 is 2.07 bits per heavy atom. The zero-order valence-corrected chi connectivity index (χ0v) is 17.8. The Balaban J connectivity index is 2.28. The molecule has 2 aromatic heterocycles. The number of nitrogens with zero attached hydrogens (tertiary/aromatic N) is 4. The maximum absolute atomic E-state index is 12.6. The molecule has 2 aromatic rings. The molecule has 1 amide bonds. The lowest BCUT2D eigenvalue weighted by molar-refractivity contribution is -0.122. The lowest BCUT2D eigenvalue weighted by Crippen LogP contribution is -2.40. The monoisotopic (exact) mass is 408 g/mol. The number of carbonyl (C=O) groups excluding carboxylic acids is 1. The highest BCUT2D eigenvalue weighted by atomic mass is 32.1. The molecule has 0 bridgehead atoms. The molecular weight excluding hydrogens is 380 g/mol. The van der Waals surface area contributed by atoms with Gasteiger partial charge in [-0.3, -0.25) is 23.6 Å². The molecule has 0 radical (unpaired) electrons. The van der Waals surface area contributed by atoms with E-state index in [2.05, 4.69) is 10.3 Å². The van der Waals surface area contributed by atoms with Crippen molar-refractivity contribution in [2.75, 3.05) is 19.3 Å². The van der Waals surface area contributed by atoms with Crippen molar-refractivity contribution in [3.8, 4) is 11.3 Å². The number of carbonyl (C=O) groups is 1. The summed E-state index contributed by atoms with van der Waals surface area (Å²) in [6.07, 6.45) is 0.716. The highest BCUT2D eigenvalue weighted by Crippen LogP contribution is 2.24. The first-order chi connectivity index (χ1) is 13.1. The molecule has 0 aliphatic heterocycles. The molecule has 28 heavy (non-hydrogen) atoms. The maximum Gasteiger partial charge on any atom is 0.332 e. The fraction of sp³-hybridized carbons (Fsp3) is 0.556. The van der Waals surface area contributed by atoms with Crippen molar-refractivity contribution in [3.63, 3.8) is 0 Å². The first kappa shape index (κ1) is 21.8. The summed E-state index contributed by atoms with van der Waals surface area (Å²) in [7, 11) is 3.27. The summed E-state index contributed by atoms with van der Waals surface area (Å²) >= 11 is 1.38. The first-order valence-corrected chi connectivity index (χ1v) is 10.1. The van der Waals surface area contributed by atoms with Gasteiger partial charge in [0.25, 0.3) is 5.56 Å². The predicted molar refractivity (Wildman–Crippen MR) is 111 cm³/mol. The number of nitrogens with two attached hydrogens (primary N) is 1. The van der Waals surface area contributed by atoms with Gasteiger partial charge in [-0.25, -0.2) is 9.78 Å². The highest BCUT2D eigenvalue weighted by Gasteiger charge is 2.19. The van der Waals surface area contributed by atoms with Gasteiger partial charge in [-0.2, -0.15) is 0 Å². The number of rotatable bonds is 8. The van der Waals surface area contributed by atoms with Crippen molar-refractivity contribution in [2.45, 2.75) is 46.3 Å². The van der Waals surface area contributed by atoms with E-state index in [0.717, 1.165) is 9.57 Å². The Hall–Kier alpha value is -2.46.